The average molecular weight is 994 g/mol. The van der Waals surface area contributed by atoms with Crippen molar-refractivity contribution in [1.29, 1.82) is 0 Å². The van der Waals surface area contributed by atoms with E-state index >= 15 is 0 Å². The second-order valence-corrected chi connectivity index (χ2v) is 24.6. The zero-order valence-corrected chi connectivity index (χ0v) is 44.0. The first-order valence-electron chi connectivity index (χ1n) is 27.9. The molecule has 1 spiro atoms. The Kier molecular flexibility index (Phi) is 9.73. The highest BCUT2D eigenvalue weighted by Crippen LogP contribution is 2.70. The minimum atomic E-state index is -0.554. The number of hydrogen-bond donors (Lipinski definition) is 0. The molecule has 0 saturated heterocycles. The summed E-state index contributed by atoms with van der Waals surface area (Å²) in [5, 5.41) is 2.67. The second-order valence-electron chi connectivity index (χ2n) is 23.5. The predicted molar refractivity (Wildman–Crippen MR) is 319 cm³/mol. The van der Waals surface area contributed by atoms with Gasteiger partial charge in [0, 0.05) is 48.1 Å². The maximum absolute atomic E-state index is 2.67. The van der Waals surface area contributed by atoms with E-state index in [4.69, 9.17) is 0 Å². The van der Waals surface area contributed by atoms with E-state index in [1.807, 2.05) is 11.3 Å². The van der Waals surface area contributed by atoms with Gasteiger partial charge in [-0.3, -0.25) is 0 Å². The largest absolute Gasteiger partial charge is 0.310 e. The maximum atomic E-state index is 2.67. The summed E-state index contributed by atoms with van der Waals surface area (Å²) in [5.41, 5.74) is 21.9. The molecule has 0 atom stereocenters. The van der Waals surface area contributed by atoms with Crippen molar-refractivity contribution in [1.82, 2.24) is 0 Å². The number of nitrogens with zero attached hydrogens (tertiary/aromatic N) is 1. The lowest BCUT2D eigenvalue weighted by Crippen LogP contribution is -2.59. The number of rotatable bonds is 7. The Balaban J connectivity index is 0.931. The molecule has 0 unspecified atom stereocenters. The van der Waals surface area contributed by atoms with Crippen molar-refractivity contribution in [2.24, 2.45) is 23.7 Å². The first kappa shape index (κ1) is 44.5. The van der Waals surface area contributed by atoms with Gasteiger partial charge in [-0.05, 0) is 182 Å². The van der Waals surface area contributed by atoms with Crippen LogP contribution in [0.5, 0.6) is 0 Å². The van der Waals surface area contributed by atoms with Crippen molar-refractivity contribution in [2.75, 3.05) is 4.90 Å². The Morgan fingerprint density at radius 1 is 0.368 bits per heavy atom. The molecule has 11 aromatic rings. The van der Waals surface area contributed by atoms with Gasteiger partial charge < -0.3 is 4.90 Å². The molecule has 76 heavy (non-hydrogen) atoms. The predicted octanol–water partition coefficient (Wildman–Crippen LogP) is 19.6. The Morgan fingerprint density at radius 3 is 1.59 bits per heavy atom. The molecular weight excluding hydrogens is 935 g/mol. The normalized spacial score (nSPS) is 21.8. The quantitative estimate of drug-likeness (QED) is 0.154. The molecule has 1 nitrogen and oxygen atoms in total. The minimum Gasteiger partial charge on any atom is -0.310 e. The third-order valence-electron chi connectivity index (χ3n) is 19.6. The van der Waals surface area contributed by atoms with Crippen molar-refractivity contribution in [3.05, 3.63) is 281 Å². The molecular formula is C74H59NS. The van der Waals surface area contributed by atoms with Crippen LogP contribution in [0.3, 0.4) is 0 Å². The highest BCUT2D eigenvalue weighted by molar-refractivity contribution is 7.25. The molecule has 4 bridgehead atoms. The van der Waals surface area contributed by atoms with Crippen LogP contribution in [0, 0.1) is 23.7 Å². The lowest BCUT2D eigenvalue weighted by molar-refractivity contribution is -0.0440. The molecule has 6 aliphatic carbocycles. The minimum absolute atomic E-state index is 0.0478. The Bertz CT molecular complexity index is 4040. The summed E-state index contributed by atoms with van der Waals surface area (Å²) in [6.45, 7) is 4.82. The fraction of sp³-hybridized carbons (Fsp3) is 0.189. The summed E-state index contributed by atoms with van der Waals surface area (Å²) < 4.78 is 2.65. The van der Waals surface area contributed by atoms with E-state index in [0.717, 1.165) is 17.5 Å². The number of benzene rings is 10. The number of anilines is 3. The first-order chi connectivity index (χ1) is 37.4. The molecule has 1 aromatic heterocycles. The summed E-state index contributed by atoms with van der Waals surface area (Å²) in [6.07, 6.45) is 6.76. The summed E-state index contributed by atoms with van der Waals surface area (Å²) in [7, 11) is 0. The van der Waals surface area contributed by atoms with Crippen LogP contribution in [0.4, 0.5) is 17.1 Å². The van der Waals surface area contributed by atoms with E-state index in [9.17, 15) is 0 Å². The molecule has 6 aliphatic rings. The van der Waals surface area contributed by atoms with Gasteiger partial charge in [0.05, 0.1) is 5.41 Å². The SMILES string of the molecule is CC1(C)c2ccccc2-c2ccc(N(c3ccc(-c4ccccc4-c4cccc5sc6ccccc6c45)cc3)c3ccc4c(c3)C(c3ccccc3)(c3ccccc3)c3ccccc3C43C4CC5CC(C4)CC3C5)cc21. The molecule has 0 amide bonds. The number of hydrogen-bond acceptors (Lipinski definition) is 2. The third-order valence-corrected chi connectivity index (χ3v) is 20.7. The van der Waals surface area contributed by atoms with E-state index in [1.165, 1.54) is 130 Å². The highest BCUT2D eigenvalue weighted by atomic mass is 32.1. The van der Waals surface area contributed by atoms with Crippen LogP contribution in [-0.2, 0) is 16.2 Å². The average Bonchev–Trinajstić information content (AvgIpc) is 4.02. The summed E-state index contributed by atoms with van der Waals surface area (Å²) in [6, 6.07) is 91.2. The lowest BCUT2D eigenvalue weighted by atomic mass is 9.38. The van der Waals surface area contributed by atoms with E-state index < -0.39 is 5.41 Å². The van der Waals surface area contributed by atoms with Crippen LogP contribution in [0.25, 0.3) is 53.6 Å². The van der Waals surface area contributed by atoms with Gasteiger partial charge in [-0.15, -0.1) is 11.3 Å². The lowest BCUT2D eigenvalue weighted by Gasteiger charge is -2.65. The zero-order valence-electron chi connectivity index (χ0n) is 43.2. The van der Waals surface area contributed by atoms with Gasteiger partial charge >= 0.3 is 0 Å². The van der Waals surface area contributed by atoms with Crippen LogP contribution in [0.2, 0.25) is 0 Å². The number of thiophene rings is 1. The van der Waals surface area contributed by atoms with Gasteiger partial charge in [-0.25, -0.2) is 0 Å². The van der Waals surface area contributed by atoms with Crippen LogP contribution < -0.4 is 4.90 Å². The van der Waals surface area contributed by atoms with E-state index in [-0.39, 0.29) is 10.8 Å². The summed E-state index contributed by atoms with van der Waals surface area (Å²) in [5.74, 6) is 2.94. The van der Waals surface area contributed by atoms with Gasteiger partial charge in [0.25, 0.3) is 0 Å². The summed E-state index contributed by atoms with van der Waals surface area (Å²) in [4.78, 5) is 2.58. The number of fused-ring (bicyclic) bond motifs is 8. The Hall–Kier alpha value is -7.78. The van der Waals surface area contributed by atoms with Crippen LogP contribution >= 0.6 is 11.3 Å². The highest BCUT2D eigenvalue weighted by Gasteiger charge is 2.63. The maximum Gasteiger partial charge on any atom is 0.0708 e. The fourth-order valence-corrected chi connectivity index (χ4v) is 17.9. The third kappa shape index (κ3) is 6.14. The van der Waals surface area contributed by atoms with Gasteiger partial charge in [0.2, 0.25) is 0 Å². The molecule has 0 aliphatic heterocycles. The smallest absolute Gasteiger partial charge is 0.0708 e. The summed E-state index contributed by atoms with van der Waals surface area (Å²) >= 11 is 1.89. The van der Waals surface area contributed by atoms with Gasteiger partial charge in [0.15, 0.2) is 0 Å². The van der Waals surface area contributed by atoms with Gasteiger partial charge in [0.1, 0.15) is 0 Å². The molecule has 0 N–H and O–H groups in total. The van der Waals surface area contributed by atoms with Crippen LogP contribution in [0.1, 0.15) is 90.5 Å². The zero-order chi connectivity index (χ0) is 50.3. The van der Waals surface area contributed by atoms with E-state index in [1.54, 1.807) is 11.1 Å². The van der Waals surface area contributed by atoms with Crippen molar-refractivity contribution in [3.63, 3.8) is 0 Å². The topological polar surface area (TPSA) is 3.24 Å². The van der Waals surface area contributed by atoms with Crippen molar-refractivity contribution in [2.45, 2.75) is 62.2 Å². The van der Waals surface area contributed by atoms with Crippen LogP contribution in [0.15, 0.2) is 237 Å². The monoisotopic (exact) mass is 993 g/mol. The Labute approximate surface area is 451 Å². The first-order valence-corrected chi connectivity index (χ1v) is 28.7. The van der Waals surface area contributed by atoms with E-state index in [2.05, 4.69) is 255 Å². The molecule has 2 heteroatoms. The molecule has 17 rings (SSSR count). The molecule has 4 fully saturated rings. The second kappa shape index (κ2) is 16.6. The Morgan fingerprint density at radius 2 is 0.882 bits per heavy atom. The van der Waals surface area contributed by atoms with Crippen LogP contribution in [-0.4, -0.2) is 0 Å². The molecule has 1 heterocycles. The van der Waals surface area contributed by atoms with Gasteiger partial charge in [-0.1, -0.05) is 202 Å². The molecule has 10 aromatic carbocycles. The van der Waals surface area contributed by atoms with Crippen molar-refractivity contribution < 1.29 is 0 Å². The molecule has 0 radical (unpaired) electrons. The standard InChI is InChI=1S/C74H59NS/c1-72(2)63-27-13-11-24-59(63)60-38-36-55(45-67(60)72)75(54-34-32-49(33-35-54)57-22-9-10-23-58(57)61-26-17-31-70-71(61)62-25-12-16-30-69(62)76-70)56-37-39-66-68(46-56)73(50-18-5-3-6-19-50,51-20-7-4-8-21-51)64-28-14-15-29-65(64)74(66)52-41-47-40-48(43-52)44-53(74)42-47/h3-39,45-48,52-53H,40-44H2,1-2H3. The van der Waals surface area contributed by atoms with Crippen molar-refractivity contribution in [3.8, 4) is 33.4 Å². The van der Waals surface area contributed by atoms with Gasteiger partial charge in [-0.2, -0.15) is 0 Å². The molecule has 4 saturated carbocycles. The van der Waals surface area contributed by atoms with E-state index in [0.29, 0.717) is 11.8 Å². The molecule has 366 valence electrons. The van der Waals surface area contributed by atoms with Crippen molar-refractivity contribution >= 4 is 48.6 Å². The fourth-order valence-electron chi connectivity index (χ4n) is 16.8.